The Morgan fingerprint density at radius 1 is 0.867 bits per heavy atom. The quantitative estimate of drug-likeness (QED) is 0.486. The molecule has 1 heterocycles. The van der Waals surface area contributed by atoms with Crippen molar-refractivity contribution < 1.29 is 14.3 Å². The van der Waals surface area contributed by atoms with E-state index in [0.717, 1.165) is 5.69 Å². The van der Waals surface area contributed by atoms with Crippen LogP contribution in [0.2, 0.25) is 0 Å². The van der Waals surface area contributed by atoms with Crippen molar-refractivity contribution in [2.45, 2.75) is 6.61 Å². The number of nitrogens with zero attached hydrogens (tertiary/aromatic N) is 3. The third kappa shape index (κ3) is 5.02. The average Bonchev–Trinajstić information content (AvgIpc) is 3.28. The number of carbonyl (C=O) groups excluding carboxylic acids is 1. The molecule has 150 valence electrons. The molecule has 0 fully saturated rings. The highest BCUT2D eigenvalue weighted by Gasteiger charge is 2.10. The lowest BCUT2D eigenvalue weighted by Crippen LogP contribution is -2.20. The van der Waals surface area contributed by atoms with Crippen molar-refractivity contribution in [3.05, 3.63) is 96.8 Å². The van der Waals surface area contributed by atoms with Crippen LogP contribution in [0, 0.1) is 0 Å². The van der Waals surface area contributed by atoms with Crippen LogP contribution in [-0.2, 0) is 11.4 Å². The number of benzene rings is 3. The fourth-order valence-electron chi connectivity index (χ4n) is 2.75. The SMILES string of the molecule is O=C(COc1ccccc1)Nc1ccccc1OCc1cnn(-c2ccccc2)n1. The van der Waals surface area contributed by atoms with Crippen LogP contribution in [0.4, 0.5) is 5.69 Å². The van der Waals surface area contributed by atoms with Crippen LogP contribution in [0.5, 0.6) is 11.5 Å². The number of ether oxygens (including phenoxy) is 2. The molecule has 0 aliphatic carbocycles. The van der Waals surface area contributed by atoms with E-state index in [4.69, 9.17) is 9.47 Å². The zero-order valence-electron chi connectivity index (χ0n) is 16.1. The number of aromatic nitrogens is 3. The van der Waals surface area contributed by atoms with Crippen LogP contribution >= 0.6 is 0 Å². The Kier molecular flexibility index (Phi) is 6.00. The van der Waals surface area contributed by atoms with Gasteiger partial charge in [-0.3, -0.25) is 4.79 Å². The molecule has 4 rings (SSSR count). The van der Waals surface area contributed by atoms with Crippen molar-refractivity contribution in [1.82, 2.24) is 15.0 Å². The summed E-state index contributed by atoms with van der Waals surface area (Å²) in [6, 6.07) is 26.1. The third-order valence-electron chi connectivity index (χ3n) is 4.18. The van der Waals surface area contributed by atoms with E-state index < -0.39 is 0 Å². The van der Waals surface area contributed by atoms with E-state index in [9.17, 15) is 4.79 Å². The first-order valence-electron chi connectivity index (χ1n) is 9.44. The van der Waals surface area contributed by atoms with Gasteiger partial charge < -0.3 is 14.8 Å². The Balaban J connectivity index is 1.35. The Hall–Kier alpha value is -4.13. The van der Waals surface area contributed by atoms with Gasteiger partial charge in [0.2, 0.25) is 0 Å². The van der Waals surface area contributed by atoms with Crippen molar-refractivity contribution in [1.29, 1.82) is 0 Å². The maximum atomic E-state index is 12.3. The van der Waals surface area contributed by atoms with E-state index in [0.29, 0.717) is 22.9 Å². The smallest absolute Gasteiger partial charge is 0.262 e. The van der Waals surface area contributed by atoms with Crippen molar-refractivity contribution in [3.8, 4) is 17.2 Å². The molecule has 1 aromatic heterocycles. The first kappa shape index (κ1) is 19.2. The Morgan fingerprint density at radius 2 is 1.57 bits per heavy atom. The van der Waals surface area contributed by atoms with Crippen LogP contribution in [0.15, 0.2) is 91.1 Å². The minimum absolute atomic E-state index is 0.0935. The van der Waals surface area contributed by atoms with E-state index in [-0.39, 0.29) is 19.1 Å². The molecule has 7 heteroatoms. The first-order valence-corrected chi connectivity index (χ1v) is 9.44. The average molecular weight is 400 g/mol. The summed E-state index contributed by atoms with van der Waals surface area (Å²) in [5, 5.41) is 11.5. The topological polar surface area (TPSA) is 78.3 Å². The lowest BCUT2D eigenvalue weighted by Gasteiger charge is -2.12. The molecule has 0 radical (unpaired) electrons. The lowest BCUT2D eigenvalue weighted by molar-refractivity contribution is -0.118. The van der Waals surface area contributed by atoms with Gasteiger partial charge in [0.15, 0.2) is 6.61 Å². The zero-order chi connectivity index (χ0) is 20.6. The van der Waals surface area contributed by atoms with Crippen molar-refractivity contribution in [2.24, 2.45) is 0 Å². The first-order chi connectivity index (χ1) is 14.8. The number of hydrogen-bond donors (Lipinski definition) is 1. The Morgan fingerprint density at radius 3 is 2.37 bits per heavy atom. The number of nitrogens with one attached hydrogen (secondary N) is 1. The number of para-hydroxylation sites is 4. The molecule has 4 aromatic rings. The summed E-state index contributed by atoms with van der Waals surface area (Å²) in [4.78, 5) is 13.8. The standard InChI is InChI=1S/C23H20N4O3/c28-23(17-29-20-11-5-2-6-12-20)25-21-13-7-8-14-22(21)30-16-18-15-24-27(26-18)19-9-3-1-4-10-19/h1-15H,16-17H2,(H,25,28). The van der Waals surface area contributed by atoms with E-state index in [1.165, 1.54) is 0 Å². The van der Waals surface area contributed by atoms with Gasteiger partial charge in [0.25, 0.3) is 5.91 Å². The van der Waals surface area contributed by atoms with E-state index >= 15 is 0 Å². The fourth-order valence-corrected chi connectivity index (χ4v) is 2.75. The predicted molar refractivity (Wildman–Crippen MR) is 113 cm³/mol. The van der Waals surface area contributed by atoms with Crippen LogP contribution in [0.25, 0.3) is 5.69 Å². The Labute approximate surface area is 173 Å². The van der Waals surface area contributed by atoms with Crippen LogP contribution < -0.4 is 14.8 Å². The summed E-state index contributed by atoms with van der Waals surface area (Å²) in [5.41, 5.74) is 2.11. The van der Waals surface area contributed by atoms with Gasteiger partial charge in [0, 0.05) is 0 Å². The maximum absolute atomic E-state index is 12.3. The van der Waals surface area contributed by atoms with E-state index in [1.807, 2.05) is 60.7 Å². The van der Waals surface area contributed by atoms with Gasteiger partial charge in [-0.05, 0) is 36.4 Å². The van der Waals surface area contributed by atoms with Gasteiger partial charge in [-0.2, -0.15) is 9.90 Å². The normalized spacial score (nSPS) is 10.4. The monoisotopic (exact) mass is 400 g/mol. The highest BCUT2D eigenvalue weighted by molar-refractivity contribution is 5.93. The molecule has 0 unspecified atom stereocenters. The van der Waals surface area contributed by atoms with Crippen LogP contribution in [0.3, 0.4) is 0 Å². The van der Waals surface area contributed by atoms with Crippen molar-refractivity contribution in [2.75, 3.05) is 11.9 Å². The summed E-state index contributed by atoms with van der Waals surface area (Å²) < 4.78 is 11.3. The van der Waals surface area contributed by atoms with Crippen molar-refractivity contribution in [3.63, 3.8) is 0 Å². The number of hydrogen-bond acceptors (Lipinski definition) is 5. The molecule has 1 N–H and O–H groups in total. The van der Waals surface area contributed by atoms with Gasteiger partial charge in [-0.1, -0.05) is 48.5 Å². The minimum Gasteiger partial charge on any atom is -0.485 e. The van der Waals surface area contributed by atoms with Gasteiger partial charge in [0.05, 0.1) is 17.6 Å². The third-order valence-corrected chi connectivity index (χ3v) is 4.18. The van der Waals surface area contributed by atoms with E-state index in [1.54, 1.807) is 35.3 Å². The number of amides is 1. The lowest BCUT2D eigenvalue weighted by atomic mass is 10.3. The van der Waals surface area contributed by atoms with Gasteiger partial charge in [-0.15, -0.1) is 5.10 Å². The minimum atomic E-state index is -0.273. The predicted octanol–water partition coefficient (Wildman–Crippen LogP) is 3.86. The number of rotatable bonds is 8. The molecular formula is C23H20N4O3. The molecule has 30 heavy (non-hydrogen) atoms. The largest absolute Gasteiger partial charge is 0.485 e. The van der Waals surface area contributed by atoms with Gasteiger partial charge >= 0.3 is 0 Å². The van der Waals surface area contributed by atoms with Gasteiger partial charge in [0.1, 0.15) is 23.8 Å². The second kappa shape index (κ2) is 9.38. The second-order valence-electron chi connectivity index (χ2n) is 6.40. The van der Waals surface area contributed by atoms with E-state index in [2.05, 4.69) is 15.5 Å². The summed E-state index contributed by atoms with van der Waals surface area (Å²) in [7, 11) is 0. The molecule has 7 nitrogen and oxygen atoms in total. The molecule has 0 atom stereocenters. The fraction of sp³-hybridized carbons (Fsp3) is 0.0870. The second-order valence-corrected chi connectivity index (χ2v) is 6.40. The zero-order valence-corrected chi connectivity index (χ0v) is 16.1. The number of anilines is 1. The highest BCUT2D eigenvalue weighted by atomic mass is 16.5. The molecular weight excluding hydrogens is 380 g/mol. The highest BCUT2D eigenvalue weighted by Crippen LogP contribution is 2.24. The Bertz CT molecular complexity index is 1100. The molecule has 0 saturated carbocycles. The molecule has 0 aliphatic rings. The molecule has 0 bridgehead atoms. The summed E-state index contributed by atoms with van der Waals surface area (Å²) in [6.45, 7) is 0.129. The van der Waals surface area contributed by atoms with Crippen LogP contribution in [-0.4, -0.2) is 27.5 Å². The summed E-state index contributed by atoms with van der Waals surface area (Å²) in [5.74, 6) is 0.906. The molecule has 0 aliphatic heterocycles. The molecule has 0 spiro atoms. The maximum Gasteiger partial charge on any atom is 0.262 e. The number of carbonyl (C=O) groups is 1. The van der Waals surface area contributed by atoms with Gasteiger partial charge in [-0.25, -0.2) is 0 Å². The molecule has 3 aromatic carbocycles. The molecule has 1 amide bonds. The summed E-state index contributed by atoms with van der Waals surface area (Å²) in [6.07, 6.45) is 1.65. The van der Waals surface area contributed by atoms with Crippen LogP contribution in [0.1, 0.15) is 5.69 Å². The summed E-state index contributed by atoms with van der Waals surface area (Å²) >= 11 is 0. The molecule has 0 saturated heterocycles. The van der Waals surface area contributed by atoms with Crippen molar-refractivity contribution >= 4 is 11.6 Å².